The van der Waals surface area contributed by atoms with E-state index < -0.39 is 0 Å². The summed E-state index contributed by atoms with van der Waals surface area (Å²) in [5.74, 6) is 0. The maximum Gasteiger partial charge on any atom is -0.0234 e. The average molecular weight is 172 g/mol. The summed E-state index contributed by atoms with van der Waals surface area (Å²) in [6.45, 7) is 4.00. The second kappa shape index (κ2) is 5.14. The van der Waals surface area contributed by atoms with E-state index in [9.17, 15) is 0 Å². The van der Waals surface area contributed by atoms with Crippen LogP contribution >= 0.6 is 8.58 Å². The second-order valence-corrected chi connectivity index (χ2v) is 5.39. The molecule has 0 nitrogen and oxygen atoms in total. The molecule has 0 aliphatic carbocycles. The Balaban J connectivity index is 0.000000281. The summed E-state index contributed by atoms with van der Waals surface area (Å²) in [5.41, 5.74) is 2.36. The van der Waals surface area contributed by atoms with Gasteiger partial charge in [0.05, 0.1) is 0 Å². The molecule has 2 bridgehead atoms. The van der Waals surface area contributed by atoms with Crippen molar-refractivity contribution < 1.29 is 0 Å². The quantitative estimate of drug-likeness (QED) is 0.487. The number of fused-ring (bicyclic) bond motifs is 2. The molecule has 2 aliphatic heterocycles. The fraction of sp³-hybridized carbons (Fsp3) is 1.00. The fourth-order valence-corrected chi connectivity index (χ4v) is 4.21. The van der Waals surface area contributed by atoms with Crippen LogP contribution < -0.4 is 0 Å². The van der Waals surface area contributed by atoms with Crippen molar-refractivity contribution >= 4 is 8.58 Å². The Labute approximate surface area is 72.9 Å². The van der Waals surface area contributed by atoms with Gasteiger partial charge in [0.1, 0.15) is 0 Å². The van der Waals surface area contributed by atoms with Gasteiger partial charge in [-0.05, 0) is 37.0 Å². The zero-order valence-corrected chi connectivity index (χ0v) is 8.90. The lowest BCUT2D eigenvalue weighted by Gasteiger charge is -2.04. The summed E-state index contributed by atoms with van der Waals surface area (Å²) in [6, 6.07) is 0. The van der Waals surface area contributed by atoms with Crippen molar-refractivity contribution in [3.05, 3.63) is 0 Å². The van der Waals surface area contributed by atoms with E-state index in [1.165, 1.54) is 32.7 Å². The van der Waals surface area contributed by atoms with Crippen molar-refractivity contribution in [1.82, 2.24) is 0 Å². The molecule has 2 rings (SSSR count). The Morgan fingerprint density at radius 3 is 1.73 bits per heavy atom. The maximum absolute atomic E-state index is 2.00. The molecule has 2 saturated heterocycles. The molecule has 2 aliphatic rings. The first-order valence-electron chi connectivity index (χ1n) is 5.21. The predicted octanol–water partition coefficient (Wildman–Crippen LogP) is 3.80. The maximum atomic E-state index is 2.00. The van der Waals surface area contributed by atoms with E-state index in [1.807, 2.05) is 13.8 Å². The first kappa shape index (κ1) is 9.52. The summed E-state index contributed by atoms with van der Waals surface area (Å²) >= 11 is 0. The predicted molar refractivity (Wildman–Crippen MR) is 54.9 cm³/mol. The van der Waals surface area contributed by atoms with Crippen LogP contribution in [0.15, 0.2) is 0 Å². The molecular formula is C10H21P. The molecule has 11 heavy (non-hydrogen) atoms. The zero-order chi connectivity index (χ0) is 8.10. The van der Waals surface area contributed by atoms with Crippen molar-refractivity contribution in [2.24, 2.45) is 0 Å². The van der Waals surface area contributed by atoms with Crippen LogP contribution in [-0.2, 0) is 0 Å². The third-order valence-electron chi connectivity index (χ3n) is 2.69. The van der Waals surface area contributed by atoms with Crippen LogP contribution in [0, 0.1) is 0 Å². The van der Waals surface area contributed by atoms with Crippen LogP contribution in [-0.4, -0.2) is 11.3 Å². The highest BCUT2D eigenvalue weighted by Gasteiger charge is 2.25. The standard InChI is InChI=1S/C8H15P.C2H6/c1-2-4-8-6-5-7(3-1)9-8;1-2/h7-9H,1-6H2;1-2H3. The van der Waals surface area contributed by atoms with Crippen LogP contribution in [0.2, 0.25) is 0 Å². The minimum Gasteiger partial charge on any atom is -0.116 e. The Morgan fingerprint density at radius 1 is 0.818 bits per heavy atom. The minimum atomic E-state index is 1.18. The normalized spacial score (nSPS) is 37.6. The summed E-state index contributed by atoms with van der Waals surface area (Å²) in [5, 5.41) is 0. The van der Waals surface area contributed by atoms with Crippen LogP contribution in [0.3, 0.4) is 0 Å². The number of rotatable bonds is 0. The molecule has 2 fully saturated rings. The monoisotopic (exact) mass is 172 g/mol. The molecule has 2 atom stereocenters. The smallest absolute Gasteiger partial charge is 0.0234 e. The fourth-order valence-electron chi connectivity index (χ4n) is 2.14. The Morgan fingerprint density at radius 2 is 1.27 bits per heavy atom. The third kappa shape index (κ3) is 2.75. The minimum absolute atomic E-state index is 1.18. The van der Waals surface area contributed by atoms with Crippen LogP contribution in [0.25, 0.3) is 0 Å². The molecule has 0 aromatic heterocycles. The highest BCUT2D eigenvalue weighted by Crippen LogP contribution is 2.46. The molecule has 0 aromatic carbocycles. The van der Waals surface area contributed by atoms with E-state index in [2.05, 4.69) is 0 Å². The van der Waals surface area contributed by atoms with Crippen molar-refractivity contribution in [3.8, 4) is 0 Å². The molecule has 0 spiro atoms. The molecular weight excluding hydrogens is 151 g/mol. The van der Waals surface area contributed by atoms with Gasteiger partial charge in [0.15, 0.2) is 0 Å². The van der Waals surface area contributed by atoms with Crippen molar-refractivity contribution in [1.29, 1.82) is 0 Å². The lowest BCUT2D eigenvalue weighted by Crippen LogP contribution is -1.95. The van der Waals surface area contributed by atoms with E-state index in [-0.39, 0.29) is 0 Å². The van der Waals surface area contributed by atoms with Gasteiger partial charge in [-0.1, -0.05) is 26.7 Å². The van der Waals surface area contributed by atoms with E-state index in [4.69, 9.17) is 0 Å². The van der Waals surface area contributed by atoms with E-state index in [0.29, 0.717) is 0 Å². The summed E-state index contributed by atoms with van der Waals surface area (Å²) in [6.07, 6.45) is 9.35. The van der Waals surface area contributed by atoms with E-state index in [1.54, 1.807) is 25.7 Å². The van der Waals surface area contributed by atoms with Crippen molar-refractivity contribution in [2.75, 3.05) is 0 Å². The summed E-state index contributed by atoms with van der Waals surface area (Å²) < 4.78 is 0. The lowest BCUT2D eigenvalue weighted by molar-refractivity contribution is 0.556. The van der Waals surface area contributed by atoms with Gasteiger partial charge in [-0.25, -0.2) is 0 Å². The molecule has 0 radical (unpaired) electrons. The van der Waals surface area contributed by atoms with Gasteiger partial charge in [-0.15, -0.1) is 8.58 Å². The molecule has 0 amide bonds. The third-order valence-corrected chi connectivity index (χ3v) is 4.79. The first-order valence-corrected chi connectivity index (χ1v) is 6.37. The average Bonchev–Trinajstić information content (AvgIpc) is 2.33. The first-order chi connectivity index (χ1) is 5.45. The molecule has 0 saturated carbocycles. The van der Waals surface area contributed by atoms with Gasteiger partial charge in [0.2, 0.25) is 0 Å². The SMILES string of the molecule is C1CCC2CCC(C1)P2.CC. The second-order valence-electron chi connectivity index (χ2n) is 3.42. The Kier molecular flexibility index (Phi) is 4.45. The Hall–Kier alpha value is 0.430. The van der Waals surface area contributed by atoms with Crippen molar-refractivity contribution in [3.63, 3.8) is 0 Å². The molecule has 66 valence electrons. The van der Waals surface area contributed by atoms with Crippen LogP contribution in [0.1, 0.15) is 52.4 Å². The molecule has 2 heterocycles. The van der Waals surface area contributed by atoms with Gasteiger partial charge < -0.3 is 0 Å². The zero-order valence-electron chi connectivity index (χ0n) is 7.90. The van der Waals surface area contributed by atoms with Crippen molar-refractivity contribution in [2.45, 2.75) is 63.7 Å². The van der Waals surface area contributed by atoms with Crippen LogP contribution in [0.4, 0.5) is 0 Å². The van der Waals surface area contributed by atoms with Gasteiger partial charge >= 0.3 is 0 Å². The molecule has 0 aromatic rings. The van der Waals surface area contributed by atoms with Gasteiger partial charge in [0.25, 0.3) is 0 Å². The number of hydrogen-bond donors (Lipinski definition) is 0. The molecule has 1 heteroatoms. The van der Waals surface area contributed by atoms with Gasteiger partial charge in [0, 0.05) is 0 Å². The van der Waals surface area contributed by atoms with Gasteiger partial charge in [-0.2, -0.15) is 0 Å². The van der Waals surface area contributed by atoms with E-state index in [0.717, 1.165) is 0 Å². The molecule has 2 unspecified atom stereocenters. The molecule has 0 N–H and O–H groups in total. The topological polar surface area (TPSA) is 0 Å². The van der Waals surface area contributed by atoms with Crippen LogP contribution in [0.5, 0.6) is 0 Å². The van der Waals surface area contributed by atoms with E-state index >= 15 is 0 Å². The number of hydrogen-bond acceptors (Lipinski definition) is 0. The summed E-state index contributed by atoms with van der Waals surface area (Å²) in [7, 11) is 1.35. The lowest BCUT2D eigenvalue weighted by atomic mass is 10.0. The highest BCUT2D eigenvalue weighted by atomic mass is 31.1. The van der Waals surface area contributed by atoms with Gasteiger partial charge in [-0.3, -0.25) is 0 Å². The summed E-state index contributed by atoms with van der Waals surface area (Å²) in [4.78, 5) is 0. The Bertz CT molecular complexity index is 89.0. The largest absolute Gasteiger partial charge is 0.116 e. The highest BCUT2D eigenvalue weighted by molar-refractivity contribution is 7.40.